The second-order valence-electron chi connectivity index (χ2n) is 4.17. The number of hydrogen-bond donors (Lipinski definition) is 0. The van der Waals surface area contributed by atoms with Gasteiger partial charge in [0.15, 0.2) is 0 Å². The van der Waals surface area contributed by atoms with E-state index in [0.717, 1.165) is 19.0 Å². The van der Waals surface area contributed by atoms with Crippen molar-refractivity contribution in [2.45, 2.75) is 11.3 Å². The van der Waals surface area contributed by atoms with Crippen LogP contribution in [0.3, 0.4) is 0 Å². The molecule has 1 heterocycles. The normalized spacial score (nSPS) is 20.8. The van der Waals surface area contributed by atoms with Gasteiger partial charge in [0, 0.05) is 17.2 Å². The molecule has 1 aliphatic heterocycles. The van der Waals surface area contributed by atoms with Gasteiger partial charge in [-0.25, -0.2) is 0 Å². The van der Waals surface area contributed by atoms with Gasteiger partial charge < -0.3 is 0 Å². The van der Waals surface area contributed by atoms with Gasteiger partial charge in [-0.2, -0.15) is 5.26 Å². The summed E-state index contributed by atoms with van der Waals surface area (Å²) in [6.45, 7) is 2.77. The molecular weight excluding hydrogens is 216 g/mol. The molecule has 1 fully saturated rings. The van der Waals surface area contributed by atoms with Gasteiger partial charge in [-0.1, -0.05) is 18.2 Å². The third kappa shape index (κ3) is 3.26. The average Bonchev–Trinajstić information content (AvgIpc) is 2.76. The Morgan fingerprint density at radius 1 is 1.38 bits per heavy atom. The Labute approximate surface area is 101 Å². The van der Waals surface area contributed by atoms with Crippen LogP contribution in [0.5, 0.6) is 0 Å². The summed E-state index contributed by atoms with van der Waals surface area (Å²) in [7, 11) is 0. The Kier molecular flexibility index (Phi) is 4.26. The van der Waals surface area contributed by atoms with E-state index < -0.39 is 0 Å². The lowest BCUT2D eigenvalue weighted by Gasteiger charge is -2.11. The number of thioether (sulfide) groups is 1. The maximum absolute atomic E-state index is 8.62. The van der Waals surface area contributed by atoms with Crippen LogP contribution >= 0.6 is 11.8 Å². The number of likely N-dealkylation sites (tertiary alicyclic amines) is 1. The molecule has 16 heavy (non-hydrogen) atoms. The molecule has 0 bridgehead atoms. The van der Waals surface area contributed by atoms with Gasteiger partial charge in [0.05, 0.1) is 12.6 Å². The number of nitrogens with zero attached hydrogens (tertiary/aromatic N) is 2. The summed E-state index contributed by atoms with van der Waals surface area (Å²) in [6.07, 6.45) is 1.24. The van der Waals surface area contributed by atoms with Crippen LogP contribution < -0.4 is 0 Å². The van der Waals surface area contributed by atoms with Crippen LogP contribution in [0.1, 0.15) is 6.42 Å². The minimum Gasteiger partial charge on any atom is -0.290 e. The van der Waals surface area contributed by atoms with E-state index >= 15 is 0 Å². The van der Waals surface area contributed by atoms with Crippen molar-refractivity contribution >= 4 is 11.8 Å². The lowest BCUT2D eigenvalue weighted by atomic mass is 10.2. The van der Waals surface area contributed by atoms with Gasteiger partial charge in [0.1, 0.15) is 0 Å². The summed E-state index contributed by atoms with van der Waals surface area (Å²) in [5.74, 6) is 1.92. The number of nitriles is 1. The highest BCUT2D eigenvalue weighted by Gasteiger charge is 2.21. The Hall–Kier alpha value is -0.980. The molecule has 84 valence electrons. The summed E-state index contributed by atoms with van der Waals surface area (Å²) in [6, 6.07) is 12.8. The van der Waals surface area contributed by atoms with Crippen molar-refractivity contribution in [2.24, 2.45) is 5.92 Å². The highest BCUT2D eigenvalue weighted by molar-refractivity contribution is 7.99. The number of rotatable bonds is 4. The second-order valence-corrected chi connectivity index (χ2v) is 5.27. The van der Waals surface area contributed by atoms with Crippen LogP contribution in [-0.2, 0) is 0 Å². The van der Waals surface area contributed by atoms with Gasteiger partial charge in [-0.15, -0.1) is 11.8 Å². The van der Waals surface area contributed by atoms with E-state index in [0.29, 0.717) is 6.54 Å². The van der Waals surface area contributed by atoms with Crippen molar-refractivity contribution in [1.29, 1.82) is 5.26 Å². The molecule has 0 aromatic heterocycles. The van der Waals surface area contributed by atoms with Crippen LogP contribution in [0, 0.1) is 17.2 Å². The molecule has 0 saturated carbocycles. The molecule has 0 N–H and O–H groups in total. The molecule has 0 spiro atoms. The lowest BCUT2D eigenvalue weighted by molar-refractivity contribution is 0.369. The molecule has 1 aliphatic rings. The molecule has 0 amide bonds. The van der Waals surface area contributed by atoms with Crippen LogP contribution in [-0.4, -0.2) is 30.3 Å². The second kappa shape index (κ2) is 5.93. The predicted molar refractivity (Wildman–Crippen MR) is 67.3 cm³/mol. The summed E-state index contributed by atoms with van der Waals surface area (Å²) in [4.78, 5) is 3.59. The monoisotopic (exact) mass is 232 g/mol. The molecule has 2 nitrogen and oxygen atoms in total. The van der Waals surface area contributed by atoms with E-state index in [1.165, 1.54) is 17.1 Å². The minimum absolute atomic E-state index is 0.590. The van der Waals surface area contributed by atoms with Crippen molar-refractivity contribution in [2.75, 3.05) is 25.4 Å². The molecule has 1 aromatic carbocycles. The first-order valence-electron chi connectivity index (χ1n) is 5.65. The maximum Gasteiger partial charge on any atom is 0.0866 e. The smallest absolute Gasteiger partial charge is 0.0866 e. The quantitative estimate of drug-likeness (QED) is 0.590. The fourth-order valence-electron chi connectivity index (χ4n) is 2.02. The van der Waals surface area contributed by atoms with Crippen molar-refractivity contribution < 1.29 is 0 Å². The predicted octanol–water partition coefficient (Wildman–Crippen LogP) is 2.62. The topological polar surface area (TPSA) is 27.0 Å². The molecule has 0 radical (unpaired) electrons. The van der Waals surface area contributed by atoms with E-state index in [9.17, 15) is 0 Å². The average molecular weight is 232 g/mol. The number of hydrogen-bond acceptors (Lipinski definition) is 3. The number of benzene rings is 1. The Bertz CT molecular complexity index is 358. The van der Waals surface area contributed by atoms with Gasteiger partial charge in [-0.05, 0) is 31.0 Å². The zero-order valence-electron chi connectivity index (χ0n) is 9.30. The van der Waals surface area contributed by atoms with Crippen LogP contribution in [0.25, 0.3) is 0 Å². The zero-order chi connectivity index (χ0) is 11.2. The van der Waals surface area contributed by atoms with Gasteiger partial charge in [0.25, 0.3) is 0 Å². The first-order valence-corrected chi connectivity index (χ1v) is 6.64. The van der Waals surface area contributed by atoms with Gasteiger partial charge >= 0.3 is 0 Å². The molecule has 1 aromatic rings. The summed E-state index contributed by atoms with van der Waals surface area (Å²) < 4.78 is 0. The van der Waals surface area contributed by atoms with Crippen LogP contribution in [0.4, 0.5) is 0 Å². The Morgan fingerprint density at radius 2 is 2.19 bits per heavy atom. The summed E-state index contributed by atoms with van der Waals surface area (Å²) in [5, 5.41) is 8.62. The van der Waals surface area contributed by atoms with Crippen molar-refractivity contribution in [1.82, 2.24) is 4.90 Å². The molecule has 0 unspecified atom stereocenters. The molecule has 2 rings (SSSR count). The highest BCUT2D eigenvalue weighted by atomic mass is 32.2. The van der Waals surface area contributed by atoms with Crippen molar-refractivity contribution in [3.63, 3.8) is 0 Å². The highest BCUT2D eigenvalue weighted by Crippen LogP contribution is 2.25. The molecule has 3 heteroatoms. The summed E-state index contributed by atoms with van der Waals surface area (Å²) >= 11 is 1.93. The van der Waals surface area contributed by atoms with Crippen LogP contribution in [0.15, 0.2) is 35.2 Å². The van der Waals surface area contributed by atoms with E-state index in [-0.39, 0.29) is 0 Å². The van der Waals surface area contributed by atoms with Crippen molar-refractivity contribution in [3.8, 4) is 6.07 Å². The molecule has 0 aliphatic carbocycles. The van der Waals surface area contributed by atoms with Crippen LogP contribution in [0.2, 0.25) is 0 Å². The first-order chi connectivity index (χ1) is 7.88. The van der Waals surface area contributed by atoms with E-state index in [1.807, 2.05) is 17.8 Å². The molecule has 1 saturated heterocycles. The summed E-state index contributed by atoms with van der Waals surface area (Å²) in [5.41, 5.74) is 0. The zero-order valence-corrected chi connectivity index (χ0v) is 10.1. The minimum atomic E-state index is 0.590. The third-order valence-corrected chi connectivity index (χ3v) is 4.14. The fraction of sp³-hybridized carbons (Fsp3) is 0.462. The standard InChI is InChI=1S/C13H16N2S/c14-7-9-15-8-6-12(10-15)11-16-13-4-2-1-3-5-13/h1-5,12H,6,8-11H2/t12-/m1/s1. The Balaban J connectivity index is 1.74. The SMILES string of the molecule is N#CCN1CC[C@@H](CSc2ccccc2)C1. The molecule has 1 atom stereocenters. The third-order valence-electron chi connectivity index (χ3n) is 2.89. The van der Waals surface area contributed by atoms with Gasteiger partial charge in [-0.3, -0.25) is 4.90 Å². The van der Waals surface area contributed by atoms with Gasteiger partial charge in [0.2, 0.25) is 0 Å². The van der Waals surface area contributed by atoms with E-state index in [4.69, 9.17) is 5.26 Å². The maximum atomic E-state index is 8.62. The lowest BCUT2D eigenvalue weighted by Crippen LogP contribution is -2.21. The van der Waals surface area contributed by atoms with E-state index in [2.05, 4.69) is 35.2 Å². The first kappa shape index (κ1) is 11.5. The molecular formula is C13H16N2S. The van der Waals surface area contributed by atoms with Crippen molar-refractivity contribution in [3.05, 3.63) is 30.3 Å². The van der Waals surface area contributed by atoms with E-state index in [1.54, 1.807) is 0 Å². The largest absolute Gasteiger partial charge is 0.290 e. The fourth-order valence-corrected chi connectivity index (χ4v) is 3.07. The Morgan fingerprint density at radius 3 is 2.94 bits per heavy atom.